The average molecular weight is 534 g/mol. The number of rotatable bonds is 6. The standard InChI is InChI=1S/C26H27N3O5S.C3H4/c1-17-6-9-21(10-7-17)35(32)28-26(31)24(19-8-11-22-23(14-19)34-16-33-22)20-5-3-4-18(25(27)30)12-13-29(2)15-20;1-3-2/h3-4,6-12,14-15,24H,5,13,16H2,1-2H3,(H2,27,30)(H,28,31);1H,2H3/b4-3-,18-12+,20-15+;. The number of ether oxygens (including phenoxy) is 2. The number of carbonyl (C=O) groups excluding carboxylic acids is 2. The van der Waals surface area contributed by atoms with E-state index in [1.165, 1.54) is 0 Å². The third-order valence-electron chi connectivity index (χ3n) is 5.71. The van der Waals surface area contributed by atoms with Crippen LogP contribution >= 0.6 is 0 Å². The minimum atomic E-state index is -1.74. The van der Waals surface area contributed by atoms with E-state index in [1.54, 1.807) is 55.5 Å². The lowest BCUT2D eigenvalue weighted by Gasteiger charge is -2.22. The van der Waals surface area contributed by atoms with Crippen molar-refractivity contribution in [3.8, 4) is 23.8 Å². The number of primary amides is 1. The molecule has 2 aliphatic heterocycles. The van der Waals surface area contributed by atoms with Gasteiger partial charge < -0.3 is 20.1 Å². The van der Waals surface area contributed by atoms with Gasteiger partial charge in [-0.1, -0.05) is 42.0 Å². The minimum Gasteiger partial charge on any atom is -0.454 e. The summed E-state index contributed by atoms with van der Waals surface area (Å²) in [4.78, 5) is 27.7. The van der Waals surface area contributed by atoms with Crippen LogP contribution in [0, 0.1) is 19.3 Å². The number of nitrogens with zero attached hydrogens (tertiary/aromatic N) is 1. The molecule has 2 aromatic rings. The molecule has 2 amide bonds. The fourth-order valence-electron chi connectivity index (χ4n) is 3.89. The number of allylic oxidation sites excluding steroid dienone is 1. The highest BCUT2D eigenvalue weighted by molar-refractivity contribution is 7.83. The first-order valence-corrected chi connectivity index (χ1v) is 13.0. The van der Waals surface area contributed by atoms with E-state index in [0.29, 0.717) is 40.5 Å². The molecule has 38 heavy (non-hydrogen) atoms. The van der Waals surface area contributed by atoms with Crippen molar-refractivity contribution in [2.45, 2.75) is 31.1 Å². The van der Waals surface area contributed by atoms with E-state index in [1.807, 2.05) is 37.2 Å². The van der Waals surface area contributed by atoms with Crippen LogP contribution in [0.2, 0.25) is 0 Å². The molecule has 0 bridgehead atoms. The van der Waals surface area contributed by atoms with Gasteiger partial charge in [-0.15, -0.1) is 12.3 Å². The van der Waals surface area contributed by atoms with E-state index in [-0.39, 0.29) is 6.79 Å². The third kappa shape index (κ3) is 7.37. The quantitative estimate of drug-likeness (QED) is 0.550. The second-order valence-corrected chi connectivity index (χ2v) is 9.87. The molecule has 2 atom stereocenters. The van der Waals surface area contributed by atoms with E-state index < -0.39 is 28.7 Å². The number of benzene rings is 2. The van der Waals surface area contributed by atoms with Gasteiger partial charge in [0.25, 0.3) is 0 Å². The van der Waals surface area contributed by atoms with E-state index >= 15 is 0 Å². The zero-order valence-corrected chi connectivity index (χ0v) is 22.4. The highest BCUT2D eigenvalue weighted by atomic mass is 32.2. The van der Waals surface area contributed by atoms with Crippen molar-refractivity contribution < 1.29 is 23.3 Å². The molecule has 2 aromatic carbocycles. The van der Waals surface area contributed by atoms with Crippen LogP contribution in [0.4, 0.5) is 0 Å². The maximum absolute atomic E-state index is 13.6. The molecule has 4 rings (SSSR count). The Labute approximate surface area is 225 Å². The van der Waals surface area contributed by atoms with Crippen molar-refractivity contribution in [3.63, 3.8) is 0 Å². The van der Waals surface area contributed by atoms with Gasteiger partial charge in [0.1, 0.15) is 0 Å². The van der Waals surface area contributed by atoms with Gasteiger partial charge in [0.15, 0.2) is 22.5 Å². The molecule has 0 fully saturated rings. The highest BCUT2D eigenvalue weighted by Gasteiger charge is 2.29. The summed E-state index contributed by atoms with van der Waals surface area (Å²) in [6, 6.07) is 12.5. The summed E-state index contributed by atoms with van der Waals surface area (Å²) in [5, 5.41) is 0. The van der Waals surface area contributed by atoms with Crippen LogP contribution < -0.4 is 19.9 Å². The van der Waals surface area contributed by atoms with E-state index in [0.717, 1.165) is 11.1 Å². The van der Waals surface area contributed by atoms with Crippen LogP contribution in [0.1, 0.15) is 30.4 Å². The van der Waals surface area contributed by atoms with Gasteiger partial charge >= 0.3 is 0 Å². The van der Waals surface area contributed by atoms with Crippen molar-refractivity contribution in [2.75, 3.05) is 20.4 Å². The molecule has 2 aliphatic rings. The Morgan fingerprint density at radius 3 is 2.53 bits per heavy atom. The van der Waals surface area contributed by atoms with Gasteiger partial charge in [-0.05, 0) is 61.9 Å². The molecular formula is C29H31N3O5S. The average Bonchev–Trinajstić information content (AvgIpc) is 3.37. The van der Waals surface area contributed by atoms with Crippen LogP contribution in [-0.4, -0.2) is 41.3 Å². The van der Waals surface area contributed by atoms with Gasteiger partial charge in [0.05, 0.1) is 10.8 Å². The minimum absolute atomic E-state index is 0.114. The van der Waals surface area contributed by atoms with Gasteiger partial charge in [0, 0.05) is 19.2 Å². The van der Waals surface area contributed by atoms with Crippen LogP contribution in [0.5, 0.6) is 11.5 Å². The van der Waals surface area contributed by atoms with Crippen LogP contribution in [-0.2, 0) is 20.6 Å². The van der Waals surface area contributed by atoms with E-state index in [4.69, 9.17) is 15.2 Å². The maximum Gasteiger partial charge on any atom is 0.248 e. The normalized spacial score (nSPS) is 19.3. The fraction of sp³-hybridized carbons (Fsp3) is 0.241. The van der Waals surface area contributed by atoms with Crippen LogP contribution in [0.15, 0.2) is 82.9 Å². The lowest BCUT2D eigenvalue weighted by molar-refractivity contribution is -0.120. The first-order valence-electron chi connectivity index (χ1n) is 11.9. The summed E-state index contributed by atoms with van der Waals surface area (Å²) >= 11 is 0. The second kappa shape index (κ2) is 13.3. The Morgan fingerprint density at radius 2 is 1.84 bits per heavy atom. The molecule has 0 spiro atoms. The van der Waals surface area contributed by atoms with Crippen molar-refractivity contribution in [2.24, 2.45) is 5.73 Å². The molecule has 2 heterocycles. The molecule has 198 valence electrons. The predicted octanol–water partition coefficient (Wildman–Crippen LogP) is 3.47. The van der Waals surface area contributed by atoms with Gasteiger partial charge in [0.2, 0.25) is 18.6 Å². The first kappa shape index (κ1) is 28.3. The zero-order valence-electron chi connectivity index (χ0n) is 21.6. The van der Waals surface area contributed by atoms with Gasteiger partial charge in [-0.2, -0.15) is 0 Å². The lowest BCUT2D eigenvalue weighted by atomic mass is 9.88. The van der Waals surface area contributed by atoms with Gasteiger partial charge in [-0.25, -0.2) is 4.21 Å². The number of hydrogen-bond donors (Lipinski definition) is 2. The third-order valence-corrected chi connectivity index (χ3v) is 6.80. The Hall–Kier alpha value is -4.29. The Bertz CT molecular complexity index is 1340. The largest absolute Gasteiger partial charge is 0.454 e. The molecule has 0 aliphatic carbocycles. The van der Waals surface area contributed by atoms with Crippen LogP contribution in [0.25, 0.3) is 0 Å². The number of hydrogen-bond acceptors (Lipinski definition) is 6. The van der Waals surface area contributed by atoms with Crippen molar-refractivity contribution in [1.29, 1.82) is 0 Å². The fourth-order valence-corrected chi connectivity index (χ4v) is 4.70. The maximum atomic E-state index is 13.6. The van der Waals surface area contributed by atoms with Crippen molar-refractivity contribution >= 4 is 22.8 Å². The zero-order chi connectivity index (χ0) is 27.7. The second-order valence-electron chi connectivity index (χ2n) is 8.66. The molecule has 0 aromatic heterocycles. The van der Waals surface area contributed by atoms with E-state index in [9.17, 15) is 13.8 Å². The molecule has 0 saturated heterocycles. The summed E-state index contributed by atoms with van der Waals surface area (Å²) < 4.78 is 26.6. The molecular weight excluding hydrogens is 502 g/mol. The van der Waals surface area contributed by atoms with Crippen LogP contribution in [0.3, 0.4) is 0 Å². The molecule has 8 nitrogen and oxygen atoms in total. The Kier molecular flexibility index (Phi) is 9.91. The number of likely N-dealkylation sites (N-methyl/N-ethyl adjacent to an activating group) is 1. The first-order chi connectivity index (χ1) is 18.2. The number of fused-ring (bicyclic) bond motifs is 1. The molecule has 9 heteroatoms. The number of nitrogens with one attached hydrogen (secondary N) is 1. The van der Waals surface area contributed by atoms with Gasteiger partial charge in [-0.3, -0.25) is 14.3 Å². The van der Waals surface area contributed by atoms with Crippen molar-refractivity contribution in [1.82, 2.24) is 9.62 Å². The summed E-state index contributed by atoms with van der Waals surface area (Å²) in [6.45, 7) is 4.13. The molecule has 2 unspecified atom stereocenters. The summed E-state index contributed by atoms with van der Waals surface area (Å²) in [5.74, 6) is 1.70. The number of aryl methyl sites for hydroxylation is 1. The smallest absolute Gasteiger partial charge is 0.248 e. The monoisotopic (exact) mass is 533 g/mol. The number of amides is 2. The number of carbonyl (C=O) groups is 2. The summed E-state index contributed by atoms with van der Waals surface area (Å²) in [6.07, 6.45) is 12.0. The summed E-state index contributed by atoms with van der Waals surface area (Å²) in [7, 11) is 0.109. The van der Waals surface area contributed by atoms with Crippen molar-refractivity contribution in [3.05, 3.63) is 89.2 Å². The molecule has 0 saturated carbocycles. The Morgan fingerprint density at radius 1 is 1.16 bits per heavy atom. The predicted molar refractivity (Wildman–Crippen MR) is 147 cm³/mol. The number of nitrogens with two attached hydrogens (primary N) is 1. The molecule has 0 radical (unpaired) electrons. The molecule has 3 N–H and O–H groups in total. The summed E-state index contributed by atoms with van der Waals surface area (Å²) in [5.41, 5.74) is 8.32. The van der Waals surface area contributed by atoms with E-state index in [2.05, 4.69) is 17.1 Å². The Balaban J connectivity index is 0.00000127. The lowest BCUT2D eigenvalue weighted by Crippen LogP contribution is -2.32. The number of terminal acetylenes is 1. The topological polar surface area (TPSA) is 111 Å². The highest BCUT2D eigenvalue weighted by Crippen LogP contribution is 2.37. The SMILES string of the molecule is C#CC.Cc1ccc(S(=O)NC(=O)C(/C2=C/N(C)C/C=C(C(N)=O)\C=C/C2)c2ccc3c(c2)OCO3)cc1.